The zero-order valence-electron chi connectivity index (χ0n) is 23.4. The van der Waals surface area contributed by atoms with Crippen LogP contribution in [0.5, 0.6) is 5.75 Å². The summed E-state index contributed by atoms with van der Waals surface area (Å²) < 4.78 is 48.4. The summed E-state index contributed by atoms with van der Waals surface area (Å²) in [6.45, 7) is 4.20. The van der Waals surface area contributed by atoms with Gasteiger partial charge in [-0.2, -0.15) is 0 Å². The van der Waals surface area contributed by atoms with Crippen molar-refractivity contribution in [2.75, 3.05) is 26.7 Å². The normalized spacial score (nSPS) is 20.1. The molecular formula is C30H33Cl2FN4O4S. The minimum Gasteiger partial charge on any atom is -0.482 e. The van der Waals surface area contributed by atoms with Gasteiger partial charge in [-0.25, -0.2) is 17.5 Å². The molecule has 12 heteroatoms. The van der Waals surface area contributed by atoms with E-state index >= 15 is 0 Å². The highest BCUT2D eigenvalue weighted by molar-refractivity contribution is 7.89. The Labute approximate surface area is 255 Å². The third kappa shape index (κ3) is 6.01. The fraction of sp³-hybridized carbons (Fsp3) is 0.400. The molecule has 1 saturated heterocycles. The largest absolute Gasteiger partial charge is 0.482 e. The molecule has 0 aliphatic carbocycles. The van der Waals surface area contributed by atoms with Crippen molar-refractivity contribution in [1.29, 1.82) is 0 Å². The number of nitrogens with one attached hydrogen (secondary N) is 2. The smallest absolute Gasteiger partial charge is 0.254 e. The van der Waals surface area contributed by atoms with Gasteiger partial charge in [0.05, 0.1) is 20.5 Å². The van der Waals surface area contributed by atoms with Crippen LogP contribution in [0.15, 0.2) is 59.8 Å². The van der Waals surface area contributed by atoms with Crippen molar-refractivity contribution in [3.63, 3.8) is 0 Å². The Morgan fingerprint density at radius 3 is 2.43 bits per heavy atom. The number of halogens is 3. The molecule has 0 radical (unpaired) electrons. The molecule has 5 rings (SSSR count). The van der Waals surface area contributed by atoms with Gasteiger partial charge in [0, 0.05) is 42.9 Å². The molecule has 0 saturated carbocycles. The summed E-state index contributed by atoms with van der Waals surface area (Å²) in [6.07, 6.45) is 5.51. The van der Waals surface area contributed by atoms with Crippen LogP contribution in [0.3, 0.4) is 0 Å². The van der Waals surface area contributed by atoms with Crippen molar-refractivity contribution in [3.05, 3.63) is 87.4 Å². The number of piperidine rings is 1. The second-order valence-corrected chi connectivity index (χ2v) is 13.5. The third-order valence-corrected chi connectivity index (χ3v) is 10.5. The van der Waals surface area contributed by atoms with Crippen LogP contribution >= 0.6 is 23.2 Å². The summed E-state index contributed by atoms with van der Waals surface area (Å²) in [5.74, 6) is -0.0248. The van der Waals surface area contributed by atoms with E-state index in [0.717, 1.165) is 37.9 Å². The minimum atomic E-state index is -3.59. The lowest BCUT2D eigenvalue weighted by atomic mass is 9.73. The van der Waals surface area contributed by atoms with Crippen molar-refractivity contribution in [3.8, 4) is 5.75 Å². The van der Waals surface area contributed by atoms with Gasteiger partial charge >= 0.3 is 0 Å². The number of pyridine rings is 1. The average Bonchev–Trinajstić information content (AvgIpc) is 3.39. The molecule has 3 aromatic rings. The number of carbonyl (C=O) groups excluding carboxylic acids is 1. The number of rotatable bonds is 9. The van der Waals surface area contributed by atoms with E-state index in [2.05, 4.69) is 26.8 Å². The van der Waals surface area contributed by atoms with Crippen LogP contribution in [0.1, 0.15) is 47.7 Å². The lowest BCUT2D eigenvalue weighted by Crippen LogP contribution is -2.48. The number of aromatic nitrogens is 1. The Balaban J connectivity index is 1.27. The van der Waals surface area contributed by atoms with E-state index in [9.17, 15) is 17.6 Å². The molecule has 2 aliphatic heterocycles. The van der Waals surface area contributed by atoms with E-state index < -0.39 is 15.6 Å². The van der Waals surface area contributed by atoms with Crippen LogP contribution in [0.2, 0.25) is 10.0 Å². The summed E-state index contributed by atoms with van der Waals surface area (Å²) in [4.78, 5) is 19.0. The molecule has 1 aromatic heterocycles. The van der Waals surface area contributed by atoms with E-state index in [1.54, 1.807) is 36.4 Å². The second-order valence-electron chi connectivity index (χ2n) is 10.8. The highest BCUT2D eigenvalue weighted by Crippen LogP contribution is 2.50. The van der Waals surface area contributed by atoms with Crippen LogP contribution in [-0.4, -0.2) is 56.9 Å². The molecule has 224 valence electrons. The van der Waals surface area contributed by atoms with Crippen molar-refractivity contribution in [2.45, 2.75) is 49.1 Å². The second kappa shape index (κ2) is 12.5. The first-order chi connectivity index (χ1) is 20.1. The van der Waals surface area contributed by atoms with Gasteiger partial charge in [-0.05, 0) is 76.2 Å². The number of nitrogens with zero attached hydrogens (tertiary/aromatic N) is 2. The first-order valence-electron chi connectivity index (χ1n) is 13.9. The number of carbonyl (C=O) groups is 1. The molecule has 3 heterocycles. The molecule has 2 unspecified atom stereocenters. The predicted molar refractivity (Wildman–Crippen MR) is 160 cm³/mol. The number of hydrogen-bond acceptors (Lipinski definition) is 6. The number of sulfonamides is 1. The zero-order valence-corrected chi connectivity index (χ0v) is 25.7. The lowest BCUT2D eigenvalue weighted by Gasteiger charge is -2.44. The fourth-order valence-corrected chi connectivity index (χ4v) is 7.33. The zero-order chi connectivity index (χ0) is 30.1. The molecule has 8 nitrogen and oxygen atoms in total. The van der Waals surface area contributed by atoms with Crippen LogP contribution < -0.4 is 14.8 Å². The molecule has 42 heavy (non-hydrogen) atoms. The fourth-order valence-electron chi connectivity index (χ4n) is 6.06. The number of ether oxygens (including phenoxy) is 1. The molecule has 1 fully saturated rings. The van der Waals surface area contributed by atoms with E-state index in [1.807, 2.05) is 0 Å². The maximum atomic E-state index is 14.9. The predicted octanol–water partition coefficient (Wildman–Crippen LogP) is 5.19. The van der Waals surface area contributed by atoms with Crippen molar-refractivity contribution < 1.29 is 22.3 Å². The summed E-state index contributed by atoms with van der Waals surface area (Å²) in [5, 5.41) is 3.32. The maximum Gasteiger partial charge on any atom is 0.254 e. The third-order valence-electron chi connectivity index (χ3n) is 8.47. The molecule has 2 N–H and O–H groups in total. The number of fused-ring (bicyclic) bond motifs is 1. The van der Waals surface area contributed by atoms with E-state index in [1.165, 1.54) is 25.5 Å². The summed E-state index contributed by atoms with van der Waals surface area (Å²) in [5.41, 5.74) is 0.789. The van der Waals surface area contributed by atoms with Gasteiger partial charge in [-0.1, -0.05) is 41.4 Å². The van der Waals surface area contributed by atoms with E-state index in [-0.39, 0.29) is 44.2 Å². The first kappa shape index (κ1) is 30.7. The lowest BCUT2D eigenvalue weighted by molar-refractivity contribution is -0.0143. The summed E-state index contributed by atoms with van der Waals surface area (Å²) >= 11 is 12.2. The molecular weight excluding hydrogens is 602 g/mol. The van der Waals surface area contributed by atoms with Crippen LogP contribution in [0, 0.1) is 11.7 Å². The van der Waals surface area contributed by atoms with E-state index in [0.29, 0.717) is 24.3 Å². The Bertz CT molecular complexity index is 1550. The highest BCUT2D eigenvalue weighted by atomic mass is 35.5. The van der Waals surface area contributed by atoms with Crippen molar-refractivity contribution in [1.82, 2.24) is 19.9 Å². The quantitative estimate of drug-likeness (QED) is 0.336. The van der Waals surface area contributed by atoms with Gasteiger partial charge in [-0.15, -0.1) is 0 Å². The van der Waals surface area contributed by atoms with Gasteiger partial charge in [0.2, 0.25) is 10.0 Å². The average molecular weight is 636 g/mol. The van der Waals surface area contributed by atoms with Crippen LogP contribution in [0.25, 0.3) is 0 Å². The van der Waals surface area contributed by atoms with Gasteiger partial charge in [0.15, 0.2) is 0 Å². The SMILES string of the molecule is CNS(=O)(=O)c1ccc(C2(C3CCN(C(C)CCNC(=O)c4c(Cl)cncc4Cl)CC3)Cc3c(F)cccc3O2)cc1. The topological polar surface area (TPSA) is 101 Å². The summed E-state index contributed by atoms with van der Waals surface area (Å²) in [6, 6.07) is 11.8. The monoisotopic (exact) mass is 634 g/mol. The Hall–Kier alpha value is -2.76. The first-order valence-corrected chi connectivity index (χ1v) is 16.1. The standard InChI is InChI=1S/C30H33Cl2FN4O4S/c1-19(10-13-36-29(38)28-24(31)17-35-18-25(28)32)37-14-11-21(12-15-37)30(16-23-26(33)4-3-5-27(23)41-30)20-6-8-22(9-7-20)42(39,40)34-2/h3-9,17-19,21,34H,10-16H2,1-2H3,(H,36,38). The number of likely N-dealkylation sites (tertiary alicyclic amines) is 1. The van der Waals surface area contributed by atoms with Crippen molar-refractivity contribution in [2.24, 2.45) is 5.92 Å². The number of hydrogen-bond donors (Lipinski definition) is 2. The Morgan fingerprint density at radius 2 is 1.81 bits per heavy atom. The molecule has 1 amide bonds. The molecule has 2 aliphatic rings. The van der Waals surface area contributed by atoms with Gasteiger partial charge in [0.25, 0.3) is 5.91 Å². The molecule has 0 bridgehead atoms. The summed E-state index contributed by atoms with van der Waals surface area (Å²) in [7, 11) is -2.22. The Morgan fingerprint density at radius 1 is 1.14 bits per heavy atom. The number of benzene rings is 2. The number of amides is 1. The Kier molecular flexibility index (Phi) is 9.10. The van der Waals surface area contributed by atoms with Gasteiger partial charge in [-0.3, -0.25) is 9.78 Å². The highest BCUT2D eigenvalue weighted by Gasteiger charge is 2.49. The van der Waals surface area contributed by atoms with Gasteiger partial charge < -0.3 is 15.0 Å². The minimum absolute atomic E-state index is 0.0789. The van der Waals surface area contributed by atoms with E-state index in [4.69, 9.17) is 27.9 Å². The maximum absolute atomic E-state index is 14.9. The molecule has 0 spiro atoms. The molecule has 2 atom stereocenters. The van der Waals surface area contributed by atoms with Crippen LogP contribution in [-0.2, 0) is 22.0 Å². The van der Waals surface area contributed by atoms with Crippen molar-refractivity contribution >= 4 is 39.1 Å². The van der Waals surface area contributed by atoms with Crippen LogP contribution in [0.4, 0.5) is 4.39 Å². The molecule has 2 aromatic carbocycles. The van der Waals surface area contributed by atoms with Gasteiger partial charge in [0.1, 0.15) is 17.2 Å².